The van der Waals surface area contributed by atoms with Crippen molar-refractivity contribution < 1.29 is 9.90 Å². The summed E-state index contributed by atoms with van der Waals surface area (Å²) in [5.41, 5.74) is 1.08. The standard InChI is InChI=1S/C9H10BrNO2S/c1-6-4-7(10)9(11-5-6)14-3-2-8(12)13/h4-5H,2-3H2,1H3,(H,12,13). The fourth-order valence-electron chi connectivity index (χ4n) is 0.862. The van der Waals surface area contributed by atoms with E-state index in [0.29, 0.717) is 5.75 Å². The number of carboxylic acid groups (broad SMARTS) is 1. The first kappa shape index (κ1) is 11.5. The molecule has 0 saturated carbocycles. The average molecular weight is 276 g/mol. The van der Waals surface area contributed by atoms with Crippen molar-refractivity contribution in [2.45, 2.75) is 18.4 Å². The highest BCUT2D eigenvalue weighted by Crippen LogP contribution is 2.26. The molecule has 5 heteroatoms. The van der Waals surface area contributed by atoms with Gasteiger partial charge in [-0.1, -0.05) is 0 Å². The van der Waals surface area contributed by atoms with Crippen LogP contribution in [0.5, 0.6) is 0 Å². The molecule has 0 radical (unpaired) electrons. The number of aliphatic carboxylic acids is 1. The predicted octanol–water partition coefficient (Wildman–Crippen LogP) is 2.72. The van der Waals surface area contributed by atoms with Gasteiger partial charge in [-0.15, -0.1) is 11.8 Å². The molecule has 0 aromatic carbocycles. The van der Waals surface area contributed by atoms with Crippen molar-refractivity contribution in [3.63, 3.8) is 0 Å². The summed E-state index contributed by atoms with van der Waals surface area (Å²) in [4.78, 5) is 14.5. The zero-order chi connectivity index (χ0) is 10.6. The number of hydrogen-bond donors (Lipinski definition) is 1. The lowest BCUT2D eigenvalue weighted by Gasteiger charge is -2.02. The van der Waals surface area contributed by atoms with Gasteiger partial charge >= 0.3 is 5.97 Å². The molecular formula is C9H10BrNO2S. The first-order chi connectivity index (χ1) is 6.59. The van der Waals surface area contributed by atoms with Crippen LogP contribution in [0.1, 0.15) is 12.0 Å². The number of halogens is 1. The van der Waals surface area contributed by atoms with Crippen LogP contribution in [0.4, 0.5) is 0 Å². The highest BCUT2D eigenvalue weighted by Gasteiger charge is 2.04. The summed E-state index contributed by atoms with van der Waals surface area (Å²) in [6.07, 6.45) is 1.93. The molecule has 1 N–H and O–H groups in total. The molecule has 0 unspecified atom stereocenters. The van der Waals surface area contributed by atoms with Gasteiger partial charge in [0.25, 0.3) is 0 Å². The SMILES string of the molecule is Cc1cnc(SCCC(=O)O)c(Br)c1. The second-order valence-corrected chi connectivity index (χ2v) is 4.73. The van der Waals surface area contributed by atoms with Crippen molar-refractivity contribution in [2.75, 3.05) is 5.75 Å². The van der Waals surface area contributed by atoms with Crippen LogP contribution in [0.25, 0.3) is 0 Å². The summed E-state index contributed by atoms with van der Waals surface area (Å²) in [5, 5.41) is 9.30. The molecule has 0 bridgehead atoms. The number of carbonyl (C=O) groups is 1. The van der Waals surface area contributed by atoms with Crippen LogP contribution in [0.15, 0.2) is 21.8 Å². The van der Waals surface area contributed by atoms with E-state index in [1.54, 1.807) is 6.20 Å². The van der Waals surface area contributed by atoms with E-state index in [0.717, 1.165) is 15.1 Å². The first-order valence-corrected chi connectivity index (χ1v) is 5.84. The van der Waals surface area contributed by atoms with Crippen LogP contribution in [0.3, 0.4) is 0 Å². The van der Waals surface area contributed by atoms with Gasteiger partial charge in [0.2, 0.25) is 0 Å². The normalized spacial score (nSPS) is 10.1. The van der Waals surface area contributed by atoms with Crippen molar-refractivity contribution in [3.8, 4) is 0 Å². The molecule has 0 saturated heterocycles. The Morgan fingerprint density at radius 2 is 2.43 bits per heavy atom. The summed E-state index contributed by atoms with van der Waals surface area (Å²) in [6.45, 7) is 1.96. The Labute approximate surface area is 95.1 Å². The smallest absolute Gasteiger partial charge is 0.304 e. The molecule has 0 fully saturated rings. The number of nitrogens with zero attached hydrogens (tertiary/aromatic N) is 1. The van der Waals surface area contributed by atoms with Gasteiger partial charge in [-0.05, 0) is 34.5 Å². The molecule has 1 heterocycles. The highest BCUT2D eigenvalue weighted by atomic mass is 79.9. The van der Waals surface area contributed by atoms with Crippen LogP contribution in [-0.2, 0) is 4.79 Å². The van der Waals surface area contributed by atoms with E-state index in [2.05, 4.69) is 20.9 Å². The highest BCUT2D eigenvalue weighted by molar-refractivity contribution is 9.10. The molecule has 1 aromatic heterocycles. The molecule has 1 rings (SSSR count). The lowest BCUT2D eigenvalue weighted by molar-refractivity contribution is -0.136. The van der Waals surface area contributed by atoms with Crippen molar-refractivity contribution in [1.29, 1.82) is 0 Å². The molecule has 14 heavy (non-hydrogen) atoms. The molecular weight excluding hydrogens is 266 g/mol. The Bertz CT molecular complexity index is 344. The molecule has 0 amide bonds. The van der Waals surface area contributed by atoms with E-state index in [-0.39, 0.29) is 6.42 Å². The van der Waals surface area contributed by atoms with Gasteiger partial charge in [0, 0.05) is 11.9 Å². The predicted molar refractivity (Wildman–Crippen MR) is 59.7 cm³/mol. The Hall–Kier alpha value is -0.550. The Morgan fingerprint density at radius 1 is 1.71 bits per heavy atom. The monoisotopic (exact) mass is 275 g/mol. The maximum atomic E-state index is 10.3. The third-order valence-corrected chi connectivity index (χ3v) is 3.37. The number of rotatable bonds is 4. The Balaban J connectivity index is 2.55. The number of thioether (sulfide) groups is 1. The average Bonchev–Trinajstić information content (AvgIpc) is 2.08. The second-order valence-electron chi connectivity index (χ2n) is 2.79. The molecule has 0 aliphatic rings. The largest absolute Gasteiger partial charge is 0.481 e. The first-order valence-electron chi connectivity index (χ1n) is 4.06. The third kappa shape index (κ3) is 3.67. The fraction of sp³-hybridized carbons (Fsp3) is 0.333. The van der Waals surface area contributed by atoms with E-state index in [4.69, 9.17) is 5.11 Å². The van der Waals surface area contributed by atoms with Crippen LogP contribution in [-0.4, -0.2) is 21.8 Å². The Morgan fingerprint density at radius 3 is 3.00 bits per heavy atom. The van der Waals surface area contributed by atoms with Crippen molar-refractivity contribution in [2.24, 2.45) is 0 Å². The summed E-state index contributed by atoms with van der Waals surface area (Å²) in [6, 6.07) is 1.97. The lowest BCUT2D eigenvalue weighted by atomic mass is 10.3. The maximum absolute atomic E-state index is 10.3. The minimum Gasteiger partial charge on any atom is -0.481 e. The summed E-state index contributed by atoms with van der Waals surface area (Å²) >= 11 is 4.83. The van der Waals surface area contributed by atoms with E-state index in [1.807, 2.05) is 13.0 Å². The number of carboxylic acids is 1. The van der Waals surface area contributed by atoms with Crippen LogP contribution >= 0.6 is 27.7 Å². The maximum Gasteiger partial charge on any atom is 0.304 e. The Kier molecular flexibility index (Phi) is 4.41. The minimum atomic E-state index is -0.777. The molecule has 0 aliphatic heterocycles. The van der Waals surface area contributed by atoms with Gasteiger partial charge in [-0.3, -0.25) is 4.79 Å². The zero-order valence-corrected chi connectivity index (χ0v) is 10.1. The number of pyridine rings is 1. The minimum absolute atomic E-state index is 0.159. The molecule has 0 spiro atoms. The van der Waals surface area contributed by atoms with Crippen molar-refractivity contribution >= 4 is 33.7 Å². The summed E-state index contributed by atoms with van der Waals surface area (Å²) < 4.78 is 0.924. The van der Waals surface area contributed by atoms with Gasteiger partial charge in [-0.2, -0.15) is 0 Å². The summed E-state index contributed by atoms with van der Waals surface area (Å²) in [5.74, 6) is -0.231. The van der Waals surface area contributed by atoms with Gasteiger partial charge in [0.15, 0.2) is 0 Å². The molecule has 1 aromatic rings. The quantitative estimate of drug-likeness (QED) is 0.859. The van der Waals surface area contributed by atoms with E-state index in [9.17, 15) is 4.79 Å². The molecule has 3 nitrogen and oxygen atoms in total. The third-order valence-electron chi connectivity index (χ3n) is 1.50. The number of aryl methyl sites for hydroxylation is 1. The van der Waals surface area contributed by atoms with E-state index < -0.39 is 5.97 Å². The number of aromatic nitrogens is 1. The van der Waals surface area contributed by atoms with E-state index in [1.165, 1.54) is 11.8 Å². The van der Waals surface area contributed by atoms with Crippen molar-refractivity contribution in [1.82, 2.24) is 4.98 Å². The zero-order valence-electron chi connectivity index (χ0n) is 7.66. The van der Waals surface area contributed by atoms with Gasteiger partial charge in [0.05, 0.1) is 10.9 Å². The lowest BCUT2D eigenvalue weighted by Crippen LogP contribution is -1.96. The second kappa shape index (κ2) is 5.36. The van der Waals surface area contributed by atoms with Crippen LogP contribution in [0, 0.1) is 6.92 Å². The van der Waals surface area contributed by atoms with Crippen molar-refractivity contribution in [3.05, 3.63) is 22.3 Å². The van der Waals surface area contributed by atoms with E-state index >= 15 is 0 Å². The van der Waals surface area contributed by atoms with Crippen LogP contribution < -0.4 is 0 Å². The van der Waals surface area contributed by atoms with Gasteiger partial charge in [0.1, 0.15) is 5.03 Å². The topological polar surface area (TPSA) is 50.2 Å². The summed E-state index contributed by atoms with van der Waals surface area (Å²) in [7, 11) is 0. The van der Waals surface area contributed by atoms with Gasteiger partial charge < -0.3 is 5.11 Å². The van der Waals surface area contributed by atoms with Gasteiger partial charge in [-0.25, -0.2) is 4.98 Å². The number of hydrogen-bond acceptors (Lipinski definition) is 3. The molecule has 0 atom stereocenters. The molecule has 76 valence electrons. The fourth-order valence-corrected chi connectivity index (χ4v) is 2.46. The van der Waals surface area contributed by atoms with Crippen LogP contribution in [0.2, 0.25) is 0 Å². The molecule has 0 aliphatic carbocycles.